The fourth-order valence-electron chi connectivity index (χ4n) is 3.49. The van der Waals surface area contributed by atoms with Crippen LogP contribution < -0.4 is 26.0 Å². The summed E-state index contributed by atoms with van der Waals surface area (Å²) in [5.74, 6) is -0.382. The second kappa shape index (κ2) is 12.4. The minimum Gasteiger partial charge on any atom is -0.484 e. The monoisotopic (exact) mass is 559 g/mol. The number of carbonyl (C=O) groups excluding carboxylic acids is 1. The summed E-state index contributed by atoms with van der Waals surface area (Å²) in [5, 5.41) is 6.57. The van der Waals surface area contributed by atoms with E-state index in [2.05, 4.69) is 15.6 Å². The average Bonchev–Trinajstić information content (AvgIpc) is 3.20. The van der Waals surface area contributed by atoms with Crippen molar-refractivity contribution in [1.82, 2.24) is 10.6 Å². The van der Waals surface area contributed by atoms with Gasteiger partial charge < -0.3 is 26.0 Å². The molecule has 0 radical (unpaired) electrons. The molecule has 1 atom stereocenters. The molecule has 0 spiro atoms. The Bertz CT molecular complexity index is 907. The number of nitrogens with one attached hydrogen (secondary N) is 2. The number of halogens is 3. The topological polar surface area (TPSA) is 92.0 Å². The Balaban J connectivity index is 0.00000363. The lowest BCUT2D eigenvalue weighted by Gasteiger charge is -2.21. The molecule has 0 bridgehead atoms. The van der Waals surface area contributed by atoms with E-state index in [1.54, 1.807) is 24.1 Å². The number of amides is 1. The van der Waals surface area contributed by atoms with Crippen molar-refractivity contribution >= 4 is 41.5 Å². The lowest BCUT2D eigenvalue weighted by Crippen LogP contribution is -2.45. The smallest absolute Gasteiger partial charge is 0.255 e. The van der Waals surface area contributed by atoms with Crippen molar-refractivity contribution in [2.24, 2.45) is 10.7 Å². The van der Waals surface area contributed by atoms with Crippen LogP contribution in [0, 0.1) is 11.6 Å². The zero-order valence-corrected chi connectivity index (χ0v) is 20.1. The first kappa shape index (κ1) is 25.6. The van der Waals surface area contributed by atoms with Crippen LogP contribution in [-0.4, -0.2) is 51.2 Å². The molecule has 1 saturated heterocycles. The van der Waals surface area contributed by atoms with Gasteiger partial charge >= 0.3 is 0 Å². The Morgan fingerprint density at radius 1 is 1.22 bits per heavy atom. The Morgan fingerprint density at radius 2 is 1.91 bits per heavy atom. The standard InChI is InChI=1S/C22H27F2N5O2.HI/c1-26-22(27-11-9-15-5-7-17(8-6-15)31-14-20(25)30)28-16-10-12-29(13-16)21-18(23)3-2-4-19(21)24;/h2-8,16H,9-14H2,1H3,(H2,25,30)(H2,26,27,28);1H. The maximum Gasteiger partial charge on any atom is 0.255 e. The third-order valence-corrected chi connectivity index (χ3v) is 5.02. The molecular formula is C22H28F2IN5O2. The molecule has 32 heavy (non-hydrogen) atoms. The Kier molecular flexibility index (Phi) is 9.95. The molecular weight excluding hydrogens is 531 g/mol. The van der Waals surface area contributed by atoms with Crippen LogP contribution in [0.1, 0.15) is 12.0 Å². The minimum absolute atomic E-state index is 0. The van der Waals surface area contributed by atoms with Gasteiger partial charge in [0.2, 0.25) is 0 Å². The van der Waals surface area contributed by atoms with Crippen molar-refractivity contribution in [1.29, 1.82) is 0 Å². The number of nitrogens with two attached hydrogens (primary N) is 1. The molecule has 1 aliphatic rings. The average molecular weight is 559 g/mol. The molecule has 1 fully saturated rings. The molecule has 174 valence electrons. The molecule has 1 unspecified atom stereocenters. The number of aliphatic imine (C=N–C) groups is 1. The Hall–Kier alpha value is -2.63. The first-order chi connectivity index (χ1) is 15.0. The van der Waals surface area contributed by atoms with Crippen LogP contribution in [0.3, 0.4) is 0 Å². The summed E-state index contributed by atoms with van der Waals surface area (Å²) in [6.45, 7) is 1.56. The molecule has 0 saturated carbocycles. The van der Waals surface area contributed by atoms with Gasteiger partial charge in [0.25, 0.3) is 5.91 Å². The van der Waals surface area contributed by atoms with Gasteiger partial charge in [-0.2, -0.15) is 0 Å². The predicted molar refractivity (Wildman–Crippen MR) is 132 cm³/mol. The van der Waals surface area contributed by atoms with Gasteiger partial charge in [-0.05, 0) is 42.7 Å². The molecule has 1 heterocycles. The number of carbonyl (C=O) groups is 1. The fraction of sp³-hybridized carbons (Fsp3) is 0.364. The number of hydrogen-bond acceptors (Lipinski definition) is 4. The van der Waals surface area contributed by atoms with Gasteiger partial charge in [-0.1, -0.05) is 18.2 Å². The minimum atomic E-state index is -0.547. The van der Waals surface area contributed by atoms with E-state index in [0.717, 1.165) is 18.4 Å². The van der Waals surface area contributed by atoms with E-state index in [4.69, 9.17) is 10.5 Å². The van der Waals surface area contributed by atoms with E-state index < -0.39 is 17.5 Å². The lowest BCUT2D eigenvalue weighted by atomic mass is 10.1. The highest BCUT2D eigenvalue weighted by atomic mass is 127. The predicted octanol–water partition coefficient (Wildman–Crippen LogP) is 2.43. The second-order valence-electron chi connectivity index (χ2n) is 7.29. The van der Waals surface area contributed by atoms with E-state index in [1.807, 2.05) is 12.1 Å². The van der Waals surface area contributed by atoms with Crippen LogP contribution in [0.2, 0.25) is 0 Å². The third kappa shape index (κ3) is 7.21. The van der Waals surface area contributed by atoms with Gasteiger partial charge in [0.15, 0.2) is 12.6 Å². The number of anilines is 1. The number of benzene rings is 2. The van der Waals surface area contributed by atoms with Crippen LogP contribution in [0.25, 0.3) is 0 Å². The lowest BCUT2D eigenvalue weighted by molar-refractivity contribution is -0.119. The van der Waals surface area contributed by atoms with Crippen LogP contribution in [0.15, 0.2) is 47.5 Å². The summed E-state index contributed by atoms with van der Waals surface area (Å²) in [6.07, 6.45) is 1.51. The summed E-state index contributed by atoms with van der Waals surface area (Å²) < 4.78 is 33.3. The fourth-order valence-corrected chi connectivity index (χ4v) is 3.49. The summed E-state index contributed by atoms with van der Waals surface area (Å²) >= 11 is 0. The van der Waals surface area contributed by atoms with Gasteiger partial charge in [-0.25, -0.2) is 8.78 Å². The van der Waals surface area contributed by atoms with Gasteiger partial charge in [-0.15, -0.1) is 24.0 Å². The van der Waals surface area contributed by atoms with Gasteiger partial charge in [0, 0.05) is 32.7 Å². The molecule has 1 amide bonds. The third-order valence-electron chi connectivity index (χ3n) is 5.02. The van der Waals surface area contributed by atoms with Crippen LogP contribution in [0.4, 0.5) is 14.5 Å². The molecule has 1 aliphatic heterocycles. The molecule has 2 aromatic carbocycles. The molecule has 0 aliphatic carbocycles. The molecule has 10 heteroatoms. The number of primary amides is 1. The second-order valence-corrected chi connectivity index (χ2v) is 7.29. The largest absolute Gasteiger partial charge is 0.484 e. The maximum atomic E-state index is 14.0. The number of hydrogen-bond donors (Lipinski definition) is 3. The highest BCUT2D eigenvalue weighted by Crippen LogP contribution is 2.26. The highest BCUT2D eigenvalue weighted by molar-refractivity contribution is 14.0. The number of guanidine groups is 1. The zero-order chi connectivity index (χ0) is 22.2. The van der Waals surface area contributed by atoms with E-state index in [-0.39, 0.29) is 42.3 Å². The van der Waals surface area contributed by atoms with Crippen molar-refractivity contribution < 1.29 is 18.3 Å². The SMILES string of the molecule is CN=C(NCCc1ccc(OCC(N)=O)cc1)NC1CCN(c2c(F)cccc2F)C1.I. The van der Waals surface area contributed by atoms with Crippen molar-refractivity contribution in [3.63, 3.8) is 0 Å². The first-order valence-corrected chi connectivity index (χ1v) is 10.1. The molecule has 0 aromatic heterocycles. The summed E-state index contributed by atoms with van der Waals surface area (Å²) in [7, 11) is 1.68. The summed E-state index contributed by atoms with van der Waals surface area (Å²) in [6, 6.07) is 11.4. The first-order valence-electron chi connectivity index (χ1n) is 10.1. The number of para-hydroxylation sites is 1. The normalized spacial score (nSPS) is 15.8. The molecule has 2 aromatic rings. The van der Waals surface area contributed by atoms with Crippen molar-refractivity contribution in [3.05, 3.63) is 59.7 Å². The van der Waals surface area contributed by atoms with Gasteiger partial charge in [0.05, 0.1) is 0 Å². The quantitative estimate of drug-likeness (QED) is 0.263. The van der Waals surface area contributed by atoms with Gasteiger partial charge in [0.1, 0.15) is 23.1 Å². The molecule has 7 nitrogen and oxygen atoms in total. The Morgan fingerprint density at radius 3 is 2.53 bits per heavy atom. The van der Waals surface area contributed by atoms with Crippen LogP contribution in [0.5, 0.6) is 5.75 Å². The van der Waals surface area contributed by atoms with E-state index >= 15 is 0 Å². The maximum absolute atomic E-state index is 14.0. The van der Waals surface area contributed by atoms with Gasteiger partial charge in [-0.3, -0.25) is 9.79 Å². The van der Waals surface area contributed by atoms with E-state index in [9.17, 15) is 13.6 Å². The van der Waals surface area contributed by atoms with Crippen LogP contribution in [-0.2, 0) is 11.2 Å². The van der Waals surface area contributed by atoms with Crippen molar-refractivity contribution in [2.45, 2.75) is 18.9 Å². The summed E-state index contributed by atoms with van der Waals surface area (Å²) in [4.78, 5) is 16.7. The van der Waals surface area contributed by atoms with E-state index in [0.29, 0.717) is 31.3 Å². The van der Waals surface area contributed by atoms with Crippen molar-refractivity contribution in [2.75, 3.05) is 38.2 Å². The highest BCUT2D eigenvalue weighted by Gasteiger charge is 2.27. The number of nitrogens with zero attached hydrogens (tertiary/aromatic N) is 2. The zero-order valence-electron chi connectivity index (χ0n) is 17.8. The molecule has 3 rings (SSSR count). The summed E-state index contributed by atoms with van der Waals surface area (Å²) in [5.41, 5.74) is 6.18. The van der Waals surface area contributed by atoms with E-state index in [1.165, 1.54) is 18.2 Å². The number of rotatable bonds is 8. The number of ether oxygens (including phenoxy) is 1. The Labute approximate surface area is 203 Å². The molecule has 4 N–H and O–H groups in total. The van der Waals surface area contributed by atoms with Crippen LogP contribution >= 0.6 is 24.0 Å². The van der Waals surface area contributed by atoms with Crippen molar-refractivity contribution in [3.8, 4) is 5.75 Å².